The second-order valence-electron chi connectivity index (χ2n) is 12.9. The third-order valence-electron chi connectivity index (χ3n) is 8.88. The van der Waals surface area contributed by atoms with Crippen molar-refractivity contribution in [3.05, 3.63) is 133 Å². The van der Waals surface area contributed by atoms with Crippen LogP contribution >= 0.6 is 0 Å². The molecule has 0 spiro atoms. The second kappa shape index (κ2) is 10.8. The van der Waals surface area contributed by atoms with E-state index < -0.39 is 0 Å². The van der Waals surface area contributed by atoms with Gasteiger partial charge in [0.2, 0.25) is 5.88 Å². The highest BCUT2D eigenvalue weighted by atomic mass is 16.5. The third kappa shape index (κ3) is 4.74. The molecule has 4 heterocycles. The Labute approximate surface area is 269 Å². The highest BCUT2D eigenvalue weighted by Crippen LogP contribution is 2.43. The normalized spacial score (nSPS) is 13.0. The van der Waals surface area contributed by atoms with Crippen LogP contribution in [-0.2, 0) is 5.41 Å². The van der Waals surface area contributed by atoms with Crippen LogP contribution in [0.4, 0.5) is 17.1 Å². The van der Waals surface area contributed by atoms with Gasteiger partial charge in [0.05, 0.1) is 29.1 Å². The lowest BCUT2D eigenvalue weighted by atomic mass is 9.88. The van der Waals surface area contributed by atoms with Gasteiger partial charge in [-0.2, -0.15) is 0 Å². The maximum atomic E-state index is 6.77. The van der Waals surface area contributed by atoms with Crippen molar-refractivity contribution < 1.29 is 4.74 Å². The van der Waals surface area contributed by atoms with Gasteiger partial charge in [0.1, 0.15) is 11.6 Å². The van der Waals surface area contributed by atoms with Crippen molar-refractivity contribution in [3.63, 3.8) is 0 Å². The molecule has 46 heavy (non-hydrogen) atoms. The smallest absolute Gasteiger partial charge is 0.221 e. The largest absolute Gasteiger partial charge is 0.438 e. The fourth-order valence-corrected chi connectivity index (χ4v) is 6.51. The molecule has 0 N–H and O–H groups in total. The summed E-state index contributed by atoms with van der Waals surface area (Å²) in [5, 5.41) is 2.31. The van der Waals surface area contributed by atoms with Crippen LogP contribution in [0.15, 0.2) is 128 Å². The van der Waals surface area contributed by atoms with E-state index in [0.29, 0.717) is 5.88 Å². The van der Waals surface area contributed by atoms with Gasteiger partial charge in [-0.1, -0.05) is 81.4 Å². The Morgan fingerprint density at radius 1 is 0.674 bits per heavy atom. The number of anilines is 3. The van der Waals surface area contributed by atoms with Gasteiger partial charge in [-0.05, 0) is 59.0 Å². The summed E-state index contributed by atoms with van der Waals surface area (Å²) in [6.07, 6.45) is 3.74. The fourth-order valence-electron chi connectivity index (χ4n) is 6.51. The van der Waals surface area contributed by atoms with Gasteiger partial charge in [0, 0.05) is 53.6 Å². The molecule has 0 aliphatic carbocycles. The summed E-state index contributed by atoms with van der Waals surface area (Å²) < 4.78 is 9.02. The Morgan fingerprint density at radius 3 is 2.24 bits per heavy atom. The summed E-state index contributed by atoms with van der Waals surface area (Å²) in [4.78, 5) is 14.1. The van der Waals surface area contributed by atoms with Crippen molar-refractivity contribution in [3.8, 4) is 28.6 Å². The molecule has 3 aromatic heterocycles. The molecule has 0 saturated carbocycles. The lowest BCUT2D eigenvalue weighted by Gasteiger charge is -2.20. The van der Waals surface area contributed by atoms with Gasteiger partial charge in [0.15, 0.2) is 0 Å². The van der Waals surface area contributed by atoms with E-state index in [1.165, 1.54) is 22.3 Å². The van der Waals surface area contributed by atoms with E-state index in [2.05, 4.69) is 144 Å². The maximum Gasteiger partial charge on any atom is 0.221 e. The zero-order valence-electron chi connectivity index (χ0n) is 26.5. The second-order valence-corrected chi connectivity index (χ2v) is 12.9. The summed E-state index contributed by atoms with van der Waals surface area (Å²) >= 11 is 0. The summed E-state index contributed by atoms with van der Waals surface area (Å²) in [5.74, 6) is 2.16. The quantitative estimate of drug-likeness (QED) is 0.197. The lowest BCUT2D eigenvalue weighted by Crippen LogP contribution is -2.23. The van der Waals surface area contributed by atoms with Crippen molar-refractivity contribution in [1.29, 1.82) is 0 Å². The number of hydrogen-bond acceptors (Lipinski definition) is 5. The van der Waals surface area contributed by atoms with E-state index in [4.69, 9.17) is 9.72 Å². The first-order valence-electron chi connectivity index (χ1n) is 15.7. The summed E-state index contributed by atoms with van der Waals surface area (Å²) in [5.41, 5.74) is 8.84. The molecule has 0 radical (unpaired) electrons. The lowest BCUT2D eigenvalue weighted by molar-refractivity contribution is 0.465. The Hall–Kier alpha value is -5.62. The van der Waals surface area contributed by atoms with E-state index in [-0.39, 0.29) is 5.41 Å². The molecule has 8 rings (SSSR count). The molecule has 0 unspecified atom stereocenters. The number of aromatic nitrogens is 3. The number of nitrogens with zero attached hydrogens (tertiary/aromatic N) is 5. The van der Waals surface area contributed by atoms with E-state index >= 15 is 0 Å². The number of fused-ring (bicyclic) bond motifs is 4. The summed E-state index contributed by atoms with van der Waals surface area (Å²) in [6, 6.07) is 40.2. The first-order chi connectivity index (χ1) is 22.3. The minimum Gasteiger partial charge on any atom is -0.438 e. The van der Waals surface area contributed by atoms with Crippen LogP contribution in [0, 0.1) is 0 Å². The topological polar surface area (TPSA) is 46.4 Å². The molecule has 6 nitrogen and oxygen atoms in total. The monoisotopic (exact) mass is 601 g/mol. The molecule has 0 amide bonds. The number of ether oxygens (including phenoxy) is 1. The van der Waals surface area contributed by atoms with Crippen molar-refractivity contribution in [2.24, 2.45) is 0 Å². The first kappa shape index (κ1) is 27.9. The van der Waals surface area contributed by atoms with Gasteiger partial charge in [-0.25, -0.2) is 9.97 Å². The van der Waals surface area contributed by atoms with E-state index in [1.807, 2.05) is 30.6 Å². The molecule has 7 aromatic rings. The van der Waals surface area contributed by atoms with Crippen LogP contribution in [0.25, 0.3) is 38.8 Å². The summed E-state index contributed by atoms with van der Waals surface area (Å²) in [7, 11) is 2.11. The molecule has 1 aliphatic rings. The van der Waals surface area contributed by atoms with E-state index in [9.17, 15) is 0 Å². The standard InChI is InChI=1S/C40H35N5O/c1-40(2,3)28-18-20-41-38(22-28)45-33-15-9-8-14-30(33)32-24-31(27-12-6-5-7-13-27)37(25-36(32)45)46-39-23-29(19-21-42-39)44-26-43(4)34-16-10-11-17-35(34)44/h5-25H,26H2,1-4H3. The first-order valence-corrected chi connectivity index (χ1v) is 15.7. The van der Waals surface area contributed by atoms with Gasteiger partial charge < -0.3 is 14.5 Å². The maximum absolute atomic E-state index is 6.77. The number of benzene rings is 4. The predicted molar refractivity (Wildman–Crippen MR) is 189 cm³/mol. The molecule has 0 bridgehead atoms. The molecule has 226 valence electrons. The van der Waals surface area contributed by atoms with Crippen LogP contribution < -0.4 is 14.5 Å². The molecule has 6 heteroatoms. The molecular formula is C40H35N5O. The Morgan fingerprint density at radius 2 is 1.41 bits per heavy atom. The average Bonchev–Trinajstić information content (AvgIpc) is 3.59. The Bertz CT molecular complexity index is 2230. The number of rotatable bonds is 5. The van der Waals surface area contributed by atoms with Crippen LogP contribution in [0.3, 0.4) is 0 Å². The molecule has 0 fully saturated rings. The molecule has 4 aromatic carbocycles. The highest BCUT2D eigenvalue weighted by molar-refractivity contribution is 6.11. The van der Waals surface area contributed by atoms with Crippen molar-refractivity contribution in [2.45, 2.75) is 26.2 Å². The van der Waals surface area contributed by atoms with Gasteiger partial charge in [-0.3, -0.25) is 4.57 Å². The minimum atomic E-state index is -0.00739. The van der Waals surface area contributed by atoms with Crippen LogP contribution in [0.2, 0.25) is 0 Å². The van der Waals surface area contributed by atoms with Crippen LogP contribution in [-0.4, -0.2) is 28.3 Å². The van der Waals surface area contributed by atoms with Crippen LogP contribution in [0.1, 0.15) is 26.3 Å². The number of para-hydroxylation sites is 3. The Kier molecular flexibility index (Phi) is 6.53. The van der Waals surface area contributed by atoms with Crippen molar-refractivity contribution in [2.75, 3.05) is 23.5 Å². The molecule has 0 atom stereocenters. The van der Waals surface area contributed by atoms with E-state index in [1.54, 1.807) is 0 Å². The van der Waals surface area contributed by atoms with Crippen molar-refractivity contribution >= 4 is 38.9 Å². The van der Waals surface area contributed by atoms with Crippen molar-refractivity contribution in [1.82, 2.24) is 14.5 Å². The van der Waals surface area contributed by atoms with Crippen LogP contribution in [0.5, 0.6) is 11.6 Å². The summed E-state index contributed by atoms with van der Waals surface area (Å²) in [6.45, 7) is 7.45. The van der Waals surface area contributed by atoms with Gasteiger partial charge in [0.25, 0.3) is 0 Å². The van der Waals surface area contributed by atoms with Gasteiger partial charge >= 0.3 is 0 Å². The Balaban J connectivity index is 1.31. The zero-order valence-corrected chi connectivity index (χ0v) is 26.5. The minimum absolute atomic E-state index is 0.00739. The molecule has 0 saturated heterocycles. The van der Waals surface area contributed by atoms with Gasteiger partial charge in [-0.15, -0.1) is 0 Å². The molecule has 1 aliphatic heterocycles. The van der Waals surface area contributed by atoms with E-state index in [0.717, 1.165) is 51.5 Å². The SMILES string of the molecule is CN1CN(c2ccnc(Oc3cc4c(cc3-c3ccccc3)c3ccccc3n4-c3cc(C(C)(C)C)ccn3)c2)c2ccccc21. The number of pyridine rings is 2. The number of hydrogen-bond donors (Lipinski definition) is 0. The average molecular weight is 602 g/mol. The highest BCUT2D eigenvalue weighted by Gasteiger charge is 2.25. The fraction of sp³-hybridized carbons (Fsp3) is 0.150. The predicted octanol–water partition coefficient (Wildman–Crippen LogP) is 9.88. The zero-order chi connectivity index (χ0) is 31.4. The third-order valence-corrected chi connectivity index (χ3v) is 8.88. The molecular weight excluding hydrogens is 566 g/mol.